The summed E-state index contributed by atoms with van der Waals surface area (Å²) >= 11 is 0. The predicted octanol–water partition coefficient (Wildman–Crippen LogP) is 2.52. The summed E-state index contributed by atoms with van der Waals surface area (Å²) < 4.78 is 27.4. The molecule has 2 aliphatic rings. The fourth-order valence-corrected chi connectivity index (χ4v) is 5.64. The van der Waals surface area contributed by atoms with E-state index in [2.05, 4.69) is 26.9 Å². The molecule has 0 amide bonds. The molecule has 3 atom stereocenters. The molecule has 3 N–H and O–H groups in total. The Hall–Kier alpha value is -2.20. The van der Waals surface area contributed by atoms with Crippen LogP contribution in [0.3, 0.4) is 0 Å². The van der Waals surface area contributed by atoms with Gasteiger partial charge in [-0.05, 0) is 37.7 Å². The lowest BCUT2D eigenvalue weighted by Crippen LogP contribution is -2.36. The standard InChI is InChI=1S/C17H23N5O4S/c1-2-10-7-11(21-27(25,26)12-3-4-12)8-14(10)20-16-13-5-6-18-17(13)19-9-15(16)22(23)24/h5-6,9-12,14,21H,2-4,7-8H2,1H3,(H2,18,19,20). The molecule has 9 nitrogen and oxygen atoms in total. The van der Waals surface area contributed by atoms with Crippen molar-refractivity contribution in [3.63, 3.8) is 0 Å². The summed E-state index contributed by atoms with van der Waals surface area (Å²) in [6, 6.07) is 1.59. The normalized spacial score (nSPS) is 25.7. The van der Waals surface area contributed by atoms with E-state index in [1.54, 1.807) is 12.3 Å². The molecule has 10 heteroatoms. The number of nitrogens with zero attached hydrogens (tertiary/aromatic N) is 2. The summed E-state index contributed by atoms with van der Waals surface area (Å²) in [7, 11) is -3.25. The van der Waals surface area contributed by atoms with Crippen molar-refractivity contribution in [3.8, 4) is 0 Å². The third kappa shape index (κ3) is 3.51. The second kappa shape index (κ2) is 6.75. The van der Waals surface area contributed by atoms with Gasteiger partial charge >= 0.3 is 5.69 Å². The van der Waals surface area contributed by atoms with Gasteiger partial charge in [0, 0.05) is 23.7 Å². The van der Waals surface area contributed by atoms with Crippen molar-refractivity contribution in [1.82, 2.24) is 14.7 Å². The molecule has 2 heterocycles. The zero-order chi connectivity index (χ0) is 19.2. The van der Waals surface area contributed by atoms with Crippen LogP contribution in [-0.2, 0) is 10.0 Å². The maximum Gasteiger partial charge on any atom is 0.311 e. The number of aromatic amines is 1. The van der Waals surface area contributed by atoms with E-state index >= 15 is 0 Å². The molecule has 0 spiro atoms. The highest BCUT2D eigenvalue weighted by Gasteiger charge is 2.41. The molecule has 2 saturated carbocycles. The van der Waals surface area contributed by atoms with E-state index in [1.807, 2.05) is 0 Å². The number of anilines is 1. The minimum atomic E-state index is -3.25. The van der Waals surface area contributed by atoms with E-state index < -0.39 is 14.9 Å². The Morgan fingerprint density at radius 3 is 2.81 bits per heavy atom. The molecule has 0 bridgehead atoms. The van der Waals surface area contributed by atoms with E-state index in [0.717, 1.165) is 25.7 Å². The van der Waals surface area contributed by atoms with E-state index in [-0.39, 0.29) is 28.9 Å². The highest BCUT2D eigenvalue weighted by atomic mass is 32.2. The number of nitro groups is 1. The Morgan fingerprint density at radius 1 is 1.37 bits per heavy atom. The summed E-state index contributed by atoms with van der Waals surface area (Å²) in [4.78, 5) is 18.1. The first-order valence-electron chi connectivity index (χ1n) is 9.27. The largest absolute Gasteiger partial charge is 0.376 e. The molecule has 0 aliphatic heterocycles. The van der Waals surface area contributed by atoms with Crippen LogP contribution in [0.25, 0.3) is 11.0 Å². The maximum atomic E-state index is 12.3. The van der Waals surface area contributed by atoms with Crippen LogP contribution in [0.5, 0.6) is 0 Å². The molecule has 2 aliphatic carbocycles. The van der Waals surface area contributed by atoms with Gasteiger partial charge in [-0.15, -0.1) is 0 Å². The number of pyridine rings is 1. The van der Waals surface area contributed by atoms with Gasteiger partial charge in [-0.3, -0.25) is 10.1 Å². The number of nitrogens with one attached hydrogen (secondary N) is 3. The molecule has 146 valence electrons. The third-order valence-electron chi connectivity index (χ3n) is 5.61. The third-order valence-corrected chi connectivity index (χ3v) is 7.62. The van der Waals surface area contributed by atoms with Gasteiger partial charge in [0.2, 0.25) is 10.0 Å². The average molecular weight is 393 g/mol. The van der Waals surface area contributed by atoms with Crippen molar-refractivity contribution in [2.24, 2.45) is 5.92 Å². The monoisotopic (exact) mass is 393 g/mol. The Morgan fingerprint density at radius 2 is 2.15 bits per heavy atom. The molecule has 4 rings (SSSR count). The van der Waals surface area contributed by atoms with Crippen LogP contribution in [0.1, 0.15) is 39.0 Å². The Balaban J connectivity index is 1.58. The van der Waals surface area contributed by atoms with Crippen molar-refractivity contribution in [2.75, 3.05) is 5.32 Å². The first-order valence-corrected chi connectivity index (χ1v) is 10.8. The van der Waals surface area contributed by atoms with E-state index in [9.17, 15) is 18.5 Å². The highest BCUT2D eigenvalue weighted by Crippen LogP contribution is 2.38. The molecule has 0 radical (unpaired) electrons. The SMILES string of the molecule is CCC1CC(NS(=O)(=O)C2CC2)CC1Nc1c([N+](=O)[O-])cnc2[nH]ccc12. The van der Waals surface area contributed by atoms with Crippen molar-refractivity contribution >= 4 is 32.4 Å². The summed E-state index contributed by atoms with van der Waals surface area (Å²) in [6.07, 6.45) is 6.63. The molecular formula is C17H23N5O4S. The van der Waals surface area contributed by atoms with Crippen LogP contribution < -0.4 is 10.0 Å². The molecule has 2 fully saturated rings. The number of aromatic nitrogens is 2. The second-order valence-electron chi connectivity index (χ2n) is 7.47. The van der Waals surface area contributed by atoms with Gasteiger partial charge in [0.15, 0.2) is 0 Å². The van der Waals surface area contributed by atoms with Crippen LogP contribution in [0.15, 0.2) is 18.5 Å². The van der Waals surface area contributed by atoms with Crippen molar-refractivity contribution in [1.29, 1.82) is 0 Å². The van der Waals surface area contributed by atoms with E-state index in [0.29, 0.717) is 23.1 Å². The number of sulfonamides is 1. The highest BCUT2D eigenvalue weighted by molar-refractivity contribution is 7.90. The van der Waals surface area contributed by atoms with Crippen molar-refractivity contribution in [2.45, 2.75) is 56.4 Å². The van der Waals surface area contributed by atoms with Gasteiger partial charge in [0.1, 0.15) is 17.5 Å². The van der Waals surface area contributed by atoms with Gasteiger partial charge < -0.3 is 10.3 Å². The van der Waals surface area contributed by atoms with Gasteiger partial charge in [-0.2, -0.15) is 0 Å². The first kappa shape index (κ1) is 18.2. The van der Waals surface area contributed by atoms with Gasteiger partial charge in [0.25, 0.3) is 0 Å². The first-order chi connectivity index (χ1) is 12.9. The predicted molar refractivity (Wildman–Crippen MR) is 102 cm³/mol. The quantitative estimate of drug-likeness (QED) is 0.489. The fourth-order valence-electron chi connectivity index (χ4n) is 4.03. The summed E-state index contributed by atoms with van der Waals surface area (Å²) in [5.74, 6) is 0.235. The molecular weight excluding hydrogens is 370 g/mol. The van der Waals surface area contributed by atoms with Crippen LogP contribution in [0.2, 0.25) is 0 Å². The Labute approximate surface area is 157 Å². The molecule has 2 aromatic heterocycles. The topological polar surface area (TPSA) is 130 Å². The summed E-state index contributed by atoms with van der Waals surface area (Å²) in [6.45, 7) is 2.06. The minimum absolute atomic E-state index is 0.0406. The summed E-state index contributed by atoms with van der Waals surface area (Å²) in [5, 5.41) is 15.2. The van der Waals surface area contributed by atoms with Crippen molar-refractivity contribution in [3.05, 3.63) is 28.6 Å². The van der Waals surface area contributed by atoms with Gasteiger partial charge in [0.05, 0.1) is 10.2 Å². The fraction of sp³-hybridized carbons (Fsp3) is 0.588. The van der Waals surface area contributed by atoms with Crippen LogP contribution in [-0.4, -0.2) is 40.6 Å². The van der Waals surface area contributed by atoms with Crippen LogP contribution in [0, 0.1) is 16.0 Å². The van der Waals surface area contributed by atoms with Crippen LogP contribution in [0.4, 0.5) is 11.4 Å². The summed E-state index contributed by atoms with van der Waals surface area (Å²) in [5.41, 5.74) is 0.958. The lowest BCUT2D eigenvalue weighted by atomic mass is 10.00. The lowest BCUT2D eigenvalue weighted by molar-refractivity contribution is -0.384. The molecule has 2 aromatic rings. The molecule has 0 aromatic carbocycles. The van der Waals surface area contributed by atoms with Gasteiger partial charge in [-0.1, -0.05) is 13.3 Å². The molecule has 27 heavy (non-hydrogen) atoms. The molecule has 0 saturated heterocycles. The van der Waals surface area contributed by atoms with E-state index in [4.69, 9.17) is 0 Å². The molecule has 3 unspecified atom stereocenters. The minimum Gasteiger partial charge on any atom is -0.376 e. The van der Waals surface area contributed by atoms with Crippen LogP contribution >= 0.6 is 0 Å². The van der Waals surface area contributed by atoms with Crippen molar-refractivity contribution < 1.29 is 13.3 Å². The maximum absolute atomic E-state index is 12.3. The number of fused-ring (bicyclic) bond motifs is 1. The zero-order valence-electron chi connectivity index (χ0n) is 15.0. The number of hydrogen-bond donors (Lipinski definition) is 3. The second-order valence-corrected chi connectivity index (χ2v) is 9.46. The lowest BCUT2D eigenvalue weighted by Gasteiger charge is -2.21. The zero-order valence-corrected chi connectivity index (χ0v) is 15.8. The Bertz CT molecular complexity index is 969. The number of hydrogen-bond acceptors (Lipinski definition) is 6. The van der Waals surface area contributed by atoms with Gasteiger partial charge in [-0.25, -0.2) is 18.1 Å². The average Bonchev–Trinajstić information content (AvgIpc) is 3.26. The Kier molecular flexibility index (Phi) is 4.55. The number of rotatable bonds is 7. The smallest absolute Gasteiger partial charge is 0.311 e. The number of H-pyrrole nitrogens is 1. The van der Waals surface area contributed by atoms with E-state index in [1.165, 1.54) is 6.20 Å².